The first-order chi connectivity index (χ1) is 14.4. The van der Waals surface area contributed by atoms with E-state index in [2.05, 4.69) is 11.8 Å². The van der Waals surface area contributed by atoms with E-state index in [-0.39, 0.29) is 24.8 Å². The maximum atomic E-state index is 10.3. The van der Waals surface area contributed by atoms with Crippen molar-refractivity contribution in [2.45, 2.75) is 37.8 Å². The van der Waals surface area contributed by atoms with Gasteiger partial charge in [-0.1, -0.05) is 24.0 Å². The minimum absolute atomic E-state index is 0.0476. The summed E-state index contributed by atoms with van der Waals surface area (Å²) in [4.78, 5) is 0. The van der Waals surface area contributed by atoms with Crippen LogP contribution in [0, 0.1) is 22.7 Å². The van der Waals surface area contributed by atoms with Crippen LogP contribution >= 0.6 is 0 Å². The van der Waals surface area contributed by atoms with Crippen molar-refractivity contribution in [3.05, 3.63) is 70.8 Å². The molecule has 3 rings (SSSR count). The highest BCUT2D eigenvalue weighted by Gasteiger charge is 2.37. The summed E-state index contributed by atoms with van der Waals surface area (Å²) < 4.78 is 10.7. The molecule has 0 bridgehead atoms. The maximum Gasteiger partial charge on any atom is 0.220 e. The summed E-state index contributed by atoms with van der Waals surface area (Å²) in [5.74, 6) is 5.96. The molecule has 0 spiro atoms. The first-order valence-corrected chi connectivity index (χ1v) is 9.54. The number of ether oxygens (including phenoxy) is 2. The molecule has 1 aliphatic heterocycles. The Hall–Kier alpha value is -3.02. The predicted octanol–water partition coefficient (Wildman–Crippen LogP) is 1.97. The lowest BCUT2D eigenvalue weighted by Crippen LogP contribution is -2.44. The molecule has 156 valence electrons. The molecule has 2 aromatic rings. The fraction of sp³-hybridized carbons (Fsp3) is 0.304. The lowest BCUT2D eigenvalue weighted by Gasteiger charge is -2.36. The van der Waals surface area contributed by atoms with Gasteiger partial charge in [-0.25, -0.2) is 0 Å². The third-order valence-corrected chi connectivity index (χ3v) is 4.72. The van der Waals surface area contributed by atoms with E-state index in [0.29, 0.717) is 16.7 Å². The number of hydrogen-bond donors (Lipinski definition) is 5. The van der Waals surface area contributed by atoms with Crippen molar-refractivity contribution in [3.8, 4) is 11.8 Å². The Labute approximate surface area is 174 Å². The highest BCUT2D eigenvalue weighted by molar-refractivity contribution is 5.98. The number of hydrogen-bond acceptors (Lipinski definition) is 7. The van der Waals surface area contributed by atoms with Crippen molar-refractivity contribution in [1.82, 2.24) is 0 Å². The zero-order valence-electron chi connectivity index (χ0n) is 16.5. The summed E-state index contributed by atoms with van der Waals surface area (Å²) in [6.07, 6.45) is -3.12. The van der Waals surface area contributed by atoms with E-state index in [4.69, 9.17) is 20.3 Å². The first kappa shape index (κ1) is 21.7. The van der Waals surface area contributed by atoms with E-state index in [0.717, 1.165) is 5.56 Å². The molecule has 1 saturated heterocycles. The second kappa shape index (κ2) is 9.65. The molecule has 5 N–H and O–H groups in total. The lowest BCUT2D eigenvalue weighted by atomic mass is 9.92. The van der Waals surface area contributed by atoms with Gasteiger partial charge in [-0.15, -0.1) is 0 Å². The largest absolute Gasteiger partial charge is 0.426 e. The summed E-state index contributed by atoms with van der Waals surface area (Å²) in [7, 11) is 0. The van der Waals surface area contributed by atoms with Crippen molar-refractivity contribution in [3.63, 3.8) is 0 Å². The van der Waals surface area contributed by atoms with Gasteiger partial charge in [-0.2, -0.15) is 0 Å². The van der Waals surface area contributed by atoms with Crippen LogP contribution in [0.2, 0.25) is 0 Å². The van der Waals surface area contributed by atoms with Gasteiger partial charge in [0.25, 0.3) is 0 Å². The van der Waals surface area contributed by atoms with Crippen molar-refractivity contribution in [2.75, 3.05) is 6.61 Å². The zero-order valence-corrected chi connectivity index (χ0v) is 16.5. The van der Waals surface area contributed by atoms with Gasteiger partial charge in [0.05, 0.1) is 18.8 Å². The summed E-state index contributed by atoms with van der Waals surface area (Å²) >= 11 is 0. The third kappa shape index (κ3) is 5.32. The van der Waals surface area contributed by atoms with E-state index in [1.165, 1.54) is 6.92 Å². The third-order valence-electron chi connectivity index (χ3n) is 4.72. The standard InChI is InChI=1S/C23H24N2O5/c1-14(24)29-23(25)17-9-7-15(8-10-17)5-6-16-3-2-4-18(11-16)22-21(28)20(27)12-19(13-26)30-22/h2-4,7-11,19-22,24-28H,12-13H2,1H3/t19?,20?,21?,22-/m1/s1. The normalized spacial score (nSPS) is 23.2. The molecule has 7 nitrogen and oxygen atoms in total. The Kier molecular flexibility index (Phi) is 6.98. The molecule has 2 aromatic carbocycles. The Balaban J connectivity index is 1.75. The number of benzene rings is 2. The molecule has 30 heavy (non-hydrogen) atoms. The average molecular weight is 408 g/mol. The molecule has 0 aliphatic carbocycles. The predicted molar refractivity (Wildman–Crippen MR) is 112 cm³/mol. The second-order valence-electron chi connectivity index (χ2n) is 7.10. The van der Waals surface area contributed by atoms with Crippen molar-refractivity contribution >= 4 is 11.8 Å². The van der Waals surface area contributed by atoms with Gasteiger partial charge in [0.1, 0.15) is 12.2 Å². The van der Waals surface area contributed by atoms with Crippen molar-refractivity contribution in [2.24, 2.45) is 0 Å². The lowest BCUT2D eigenvalue weighted by molar-refractivity contribution is -0.179. The van der Waals surface area contributed by atoms with Crippen molar-refractivity contribution in [1.29, 1.82) is 10.8 Å². The summed E-state index contributed by atoms with van der Waals surface area (Å²) in [6.45, 7) is 1.24. The number of aliphatic hydroxyl groups excluding tert-OH is 3. The molecule has 0 saturated carbocycles. The van der Waals surface area contributed by atoms with Crippen LogP contribution in [-0.4, -0.2) is 52.0 Å². The van der Waals surface area contributed by atoms with Gasteiger partial charge < -0.3 is 24.8 Å². The molecule has 1 fully saturated rings. The zero-order chi connectivity index (χ0) is 21.7. The molecule has 1 aliphatic rings. The number of rotatable bonds is 3. The van der Waals surface area contributed by atoms with Gasteiger partial charge in [0.15, 0.2) is 5.90 Å². The number of aliphatic hydroxyl groups is 3. The molecule has 7 heteroatoms. The van der Waals surface area contributed by atoms with E-state index in [1.54, 1.807) is 42.5 Å². The fourth-order valence-corrected chi connectivity index (χ4v) is 3.20. The molecule has 1 heterocycles. The van der Waals surface area contributed by atoms with Gasteiger partial charge in [-0.05, 0) is 42.0 Å². The highest BCUT2D eigenvalue weighted by atomic mass is 16.5. The van der Waals surface area contributed by atoms with Crippen LogP contribution in [0.4, 0.5) is 0 Å². The molecular formula is C23H24N2O5. The van der Waals surface area contributed by atoms with Crippen LogP contribution in [0.3, 0.4) is 0 Å². The SMILES string of the molecule is CC(=N)OC(=N)c1ccc(C#Cc2cccc([C@H]3OC(CO)CC(O)C3O)c2)cc1. The van der Waals surface area contributed by atoms with E-state index in [1.807, 2.05) is 6.07 Å². The van der Waals surface area contributed by atoms with Gasteiger partial charge >= 0.3 is 0 Å². The highest BCUT2D eigenvalue weighted by Crippen LogP contribution is 2.32. The Bertz CT molecular complexity index is 977. The maximum absolute atomic E-state index is 10.3. The Morgan fingerprint density at radius 1 is 1.10 bits per heavy atom. The van der Waals surface area contributed by atoms with E-state index < -0.39 is 24.4 Å². The van der Waals surface area contributed by atoms with Gasteiger partial charge in [-0.3, -0.25) is 10.8 Å². The van der Waals surface area contributed by atoms with Crippen LogP contribution in [-0.2, 0) is 9.47 Å². The van der Waals surface area contributed by atoms with Crippen LogP contribution in [0.5, 0.6) is 0 Å². The Morgan fingerprint density at radius 2 is 1.80 bits per heavy atom. The molecule has 4 atom stereocenters. The monoisotopic (exact) mass is 408 g/mol. The molecule has 0 amide bonds. The minimum Gasteiger partial charge on any atom is -0.426 e. The smallest absolute Gasteiger partial charge is 0.220 e. The molecule has 3 unspecified atom stereocenters. The fourth-order valence-electron chi connectivity index (χ4n) is 3.20. The van der Waals surface area contributed by atoms with Crippen LogP contribution in [0.15, 0.2) is 48.5 Å². The van der Waals surface area contributed by atoms with Gasteiger partial charge in [0, 0.05) is 30.0 Å². The molecule has 0 radical (unpaired) electrons. The Morgan fingerprint density at radius 3 is 2.47 bits per heavy atom. The van der Waals surface area contributed by atoms with Crippen molar-refractivity contribution < 1.29 is 24.8 Å². The second-order valence-corrected chi connectivity index (χ2v) is 7.10. The van der Waals surface area contributed by atoms with Crippen LogP contribution < -0.4 is 0 Å². The van der Waals surface area contributed by atoms with E-state index in [9.17, 15) is 15.3 Å². The molecule has 0 aromatic heterocycles. The van der Waals surface area contributed by atoms with Crippen LogP contribution in [0.25, 0.3) is 0 Å². The topological polar surface area (TPSA) is 127 Å². The average Bonchev–Trinajstić information content (AvgIpc) is 2.74. The summed E-state index contributed by atoms with van der Waals surface area (Å²) in [5, 5.41) is 44.7. The minimum atomic E-state index is -1.08. The first-order valence-electron chi connectivity index (χ1n) is 9.54. The van der Waals surface area contributed by atoms with Crippen LogP contribution in [0.1, 0.15) is 41.7 Å². The number of nitrogens with one attached hydrogen (secondary N) is 2. The van der Waals surface area contributed by atoms with Gasteiger partial charge in [0.2, 0.25) is 5.90 Å². The quantitative estimate of drug-likeness (QED) is 0.301. The van der Waals surface area contributed by atoms with E-state index >= 15 is 0 Å². The molecular weight excluding hydrogens is 384 g/mol. The summed E-state index contributed by atoms with van der Waals surface area (Å²) in [5.41, 5.74) is 2.68. The summed E-state index contributed by atoms with van der Waals surface area (Å²) in [6, 6.07) is 14.1.